The average molecular weight is 508 g/mol. The smallest absolute Gasteiger partial charge is 0.194 e. The van der Waals surface area contributed by atoms with Crippen LogP contribution < -0.4 is 5.32 Å². The SMILES string of the molecule is CCNC(=NCCc1nc(CC)c(C)s1)N1CCOC(C2CCCO2)C1.I. The van der Waals surface area contributed by atoms with E-state index in [-0.39, 0.29) is 36.2 Å². The zero-order valence-electron chi connectivity index (χ0n) is 16.7. The van der Waals surface area contributed by atoms with Gasteiger partial charge < -0.3 is 19.7 Å². The van der Waals surface area contributed by atoms with E-state index in [9.17, 15) is 0 Å². The summed E-state index contributed by atoms with van der Waals surface area (Å²) >= 11 is 1.81. The molecule has 0 aromatic carbocycles. The second kappa shape index (κ2) is 11.5. The molecule has 0 bridgehead atoms. The van der Waals surface area contributed by atoms with Gasteiger partial charge in [-0.2, -0.15) is 0 Å². The minimum atomic E-state index is 0. The lowest BCUT2D eigenvalue weighted by Gasteiger charge is -2.37. The topological polar surface area (TPSA) is 59.0 Å². The van der Waals surface area contributed by atoms with Gasteiger partial charge in [-0.25, -0.2) is 4.98 Å². The van der Waals surface area contributed by atoms with Crippen molar-refractivity contribution >= 4 is 41.3 Å². The van der Waals surface area contributed by atoms with Gasteiger partial charge in [-0.1, -0.05) is 6.92 Å². The molecule has 2 atom stereocenters. The maximum atomic E-state index is 5.96. The number of hydrogen-bond donors (Lipinski definition) is 1. The van der Waals surface area contributed by atoms with Crippen molar-refractivity contribution in [3.05, 3.63) is 15.6 Å². The Hall–Kier alpha value is -0.450. The number of nitrogens with zero attached hydrogens (tertiary/aromatic N) is 3. The first-order chi connectivity index (χ1) is 12.7. The van der Waals surface area contributed by atoms with Crippen molar-refractivity contribution in [1.82, 2.24) is 15.2 Å². The highest BCUT2D eigenvalue weighted by molar-refractivity contribution is 14.0. The number of hydrogen-bond acceptors (Lipinski definition) is 5. The summed E-state index contributed by atoms with van der Waals surface area (Å²) in [5.41, 5.74) is 1.23. The summed E-state index contributed by atoms with van der Waals surface area (Å²) in [6.07, 6.45) is 4.56. The fourth-order valence-corrected chi connectivity index (χ4v) is 4.60. The first-order valence-electron chi connectivity index (χ1n) is 9.92. The van der Waals surface area contributed by atoms with Crippen molar-refractivity contribution < 1.29 is 9.47 Å². The number of thiazole rings is 1. The molecular weight excluding hydrogens is 475 g/mol. The molecule has 6 nitrogen and oxygen atoms in total. The molecule has 3 heterocycles. The van der Waals surface area contributed by atoms with Crippen LogP contribution in [0, 0.1) is 6.92 Å². The second-order valence-corrected chi connectivity index (χ2v) is 8.14. The second-order valence-electron chi connectivity index (χ2n) is 6.86. The number of rotatable bonds is 6. The van der Waals surface area contributed by atoms with Crippen LogP contribution in [0.3, 0.4) is 0 Å². The van der Waals surface area contributed by atoms with Crippen molar-refractivity contribution in [3.63, 3.8) is 0 Å². The summed E-state index contributed by atoms with van der Waals surface area (Å²) < 4.78 is 11.8. The first kappa shape index (κ1) is 22.8. The predicted octanol–water partition coefficient (Wildman–Crippen LogP) is 3.02. The number of guanidine groups is 1. The van der Waals surface area contributed by atoms with Crippen LogP contribution in [0.5, 0.6) is 0 Å². The van der Waals surface area contributed by atoms with Gasteiger partial charge in [-0.05, 0) is 33.1 Å². The highest BCUT2D eigenvalue weighted by Gasteiger charge is 2.32. The van der Waals surface area contributed by atoms with E-state index in [1.165, 1.54) is 15.6 Å². The van der Waals surface area contributed by atoms with Crippen LogP contribution in [0.1, 0.15) is 42.3 Å². The summed E-state index contributed by atoms with van der Waals surface area (Å²) in [4.78, 5) is 13.2. The van der Waals surface area contributed by atoms with Crippen molar-refractivity contribution in [2.45, 2.75) is 58.7 Å². The van der Waals surface area contributed by atoms with Crippen LogP contribution in [0.4, 0.5) is 0 Å². The highest BCUT2D eigenvalue weighted by Crippen LogP contribution is 2.21. The van der Waals surface area contributed by atoms with E-state index in [1.807, 2.05) is 0 Å². The summed E-state index contributed by atoms with van der Waals surface area (Å²) in [6, 6.07) is 0. The lowest BCUT2D eigenvalue weighted by Crippen LogP contribution is -2.53. The van der Waals surface area contributed by atoms with E-state index in [2.05, 4.69) is 31.0 Å². The number of aryl methyl sites for hydroxylation is 2. The molecule has 1 aromatic rings. The van der Waals surface area contributed by atoms with Crippen LogP contribution in [-0.4, -0.2) is 67.4 Å². The Bertz CT molecular complexity index is 605. The first-order valence-corrected chi connectivity index (χ1v) is 10.7. The lowest BCUT2D eigenvalue weighted by molar-refractivity contribution is -0.0817. The molecule has 2 unspecified atom stereocenters. The molecule has 2 aliphatic rings. The third-order valence-corrected chi connectivity index (χ3v) is 6.04. The van der Waals surface area contributed by atoms with Crippen LogP contribution in [-0.2, 0) is 22.3 Å². The van der Waals surface area contributed by atoms with Crippen LogP contribution >= 0.6 is 35.3 Å². The van der Waals surface area contributed by atoms with Crippen LogP contribution in [0.2, 0.25) is 0 Å². The zero-order valence-corrected chi connectivity index (χ0v) is 19.8. The Labute approximate surface area is 184 Å². The number of aromatic nitrogens is 1. The molecule has 2 aliphatic heterocycles. The largest absolute Gasteiger partial charge is 0.375 e. The molecule has 8 heteroatoms. The Morgan fingerprint density at radius 1 is 1.30 bits per heavy atom. The van der Waals surface area contributed by atoms with Gasteiger partial charge >= 0.3 is 0 Å². The van der Waals surface area contributed by atoms with Gasteiger partial charge in [0.15, 0.2) is 5.96 Å². The Morgan fingerprint density at radius 2 is 2.11 bits per heavy atom. The molecule has 0 aliphatic carbocycles. The third kappa shape index (κ3) is 6.27. The van der Waals surface area contributed by atoms with Gasteiger partial charge in [0, 0.05) is 44.1 Å². The maximum absolute atomic E-state index is 5.96. The predicted molar refractivity (Wildman–Crippen MR) is 122 cm³/mol. The molecule has 3 rings (SSSR count). The van der Waals surface area contributed by atoms with Crippen molar-refractivity contribution in [2.75, 3.05) is 39.4 Å². The van der Waals surface area contributed by atoms with Gasteiger partial charge in [0.2, 0.25) is 0 Å². The molecule has 0 amide bonds. The molecular formula is C19H33IN4O2S. The van der Waals surface area contributed by atoms with Gasteiger partial charge in [-0.15, -0.1) is 35.3 Å². The standard InChI is InChI=1S/C19H32N4O2S.HI/c1-4-15-14(3)26-18(22-15)8-9-21-19(20-5-2)23-10-12-25-17(13-23)16-7-6-11-24-16;/h16-17H,4-13H2,1-3H3,(H,20,21);1H. The van der Waals surface area contributed by atoms with Crippen molar-refractivity contribution in [1.29, 1.82) is 0 Å². The molecule has 27 heavy (non-hydrogen) atoms. The Morgan fingerprint density at radius 3 is 2.78 bits per heavy atom. The molecule has 0 spiro atoms. The monoisotopic (exact) mass is 508 g/mol. The Kier molecular flexibility index (Phi) is 9.75. The van der Waals surface area contributed by atoms with E-state index >= 15 is 0 Å². The quantitative estimate of drug-likeness (QED) is 0.364. The number of nitrogens with one attached hydrogen (secondary N) is 1. The van der Waals surface area contributed by atoms with Crippen molar-refractivity contribution in [3.8, 4) is 0 Å². The minimum Gasteiger partial charge on any atom is -0.375 e. The molecule has 154 valence electrons. The zero-order chi connectivity index (χ0) is 18.4. The van der Waals surface area contributed by atoms with E-state index in [0.717, 1.165) is 71.0 Å². The van der Waals surface area contributed by atoms with E-state index < -0.39 is 0 Å². The van der Waals surface area contributed by atoms with E-state index in [0.29, 0.717) is 0 Å². The molecule has 2 saturated heterocycles. The minimum absolute atomic E-state index is 0. The fraction of sp³-hybridized carbons (Fsp3) is 0.789. The van der Waals surface area contributed by atoms with Gasteiger partial charge in [0.1, 0.15) is 6.10 Å². The molecule has 0 radical (unpaired) electrons. The number of halogens is 1. The number of morpholine rings is 1. The third-order valence-electron chi connectivity index (χ3n) is 4.97. The van der Waals surface area contributed by atoms with Gasteiger partial charge in [0.05, 0.1) is 23.4 Å². The number of aliphatic imine (C=N–C) groups is 1. The van der Waals surface area contributed by atoms with Crippen LogP contribution in [0.25, 0.3) is 0 Å². The van der Waals surface area contributed by atoms with Crippen molar-refractivity contribution in [2.24, 2.45) is 4.99 Å². The number of ether oxygens (including phenoxy) is 2. The molecule has 0 saturated carbocycles. The maximum Gasteiger partial charge on any atom is 0.194 e. The summed E-state index contributed by atoms with van der Waals surface area (Å²) in [7, 11) is 0. The molecule has 2 fully saturated rings. The normalized spacial score (nSPS) is 23.4. The summed E-state index contributed by atoms with van der Waals surface area (Å²) in [5, 5.41) is 4.63. The average Bonchev–Trinajstić information content (AvgIpc) is 3.31. The van der Waals surface area contributed by atoms with Crippen LogP contribution in [0.15, 0.2) is 4.99 Å². The lowest BCUT2D eigenvalue weighted by atomic mass is 10.1. The van der Waals surface area contributed by atoms with Gasteiger partial charge in [-0.3, -0.25) is 4.99 Å². The van der Waals surface area contributed by atoms with Gasteiger partial charge in [0.25, 0.3) is 0 Å². The molecule has 1 N–H and O–H groups in total. The molecule has 1 aromatic heterocycles. The summed E-state index contributed by atoms with van der Waals surface area (Å²) in [5.74, 6) is 0.989. The summed E-state index contributed by atoms with van der Waals surface area (Å²) in [6.45, 7) is 11.4. The highest BCUT2D eigenvalue weighted by atomic mass is 127. The fourth-order valence-electron chi connectivity index (χ4n) is 3.59. The van der Waals surface area contributed by atoms with E-state index in [1.54, 1.807) is 11.3 Å². The Balaban J connectivity index is 0.00000261. The van der Waals surface area contributed by atoms with E-state index in [4.69, 9.17) is 19.5 Å².